The van der Waals surface area contributed by atoms with Crippen LogP contribution in [0.1, 0.15) is 18.4 Å². The molecule has 1 aromatic heterocycles. The van der Waals surface area contributed by atoms with Crippen LogP contribution in [0.5, 0.6) is 0 Å². The molecule has 0 unspecified atom stereocenters. The molecule has 26 heavy (non-hydrogen) atoms. The van der Waals surface area contributed by atoms with Crippen molar-refractivity contribution in [3.8, 4) is 0 Å². The predicted octanol–water partition coefficient (Wildman–Crippen LogP) is 3.73. The molecule has 0 radical (unpaired) electrons. The fourth-order valence-corrected chi connectivity index (χ4v) is 3.60. The number of hydrogen-bond donors (Lipinski definition) is 0. The Morgan fingerprint density at radius 2 is 1.65 bits per heavy atom. The monoisotopic (exact) mass is 345 g/mol. The molecule has 0 bridgehead atoms. The summed E-state index contributed by atoms with van der Waals surface area (Å²) in [6.45, 7) is 2.31. The first-order valence-corrected chi connectivity index (χ1v) is 9.22. The van der Waals surface area contributed by atoms with E-state index in [2.05, 4.69) is 58.5 Å². The summed E-state index contributed by atoms with van der Waals surface area (Å²) in [6, 6.07) is 17.2. The summed E-state index contributed by atoms with van der Waals surface area (Å²) in [5, 5.41) is 9.17. The third-order valence-corrected chi connectivity index (χ3v) is 5.06. The smallest absolute Gasteiger partial charge is 0.169 e. The number of hydrogen-bond acceptors (Lipinski definition) is 3. The molecular weight excluding hydrogens is 320 g/mol. The SMILES string of the molecule is CN(/N=C/c1cc[n+](C)cc1)c1ccc(N2CCCC2)c2ccccc12. The molecule has 2 aromatic carbocycles. The first kappa shape index (κ1) is 16.6. The number of hydrazone groups is 1. The van der Waals surface area contributed by atoms with E-state index in [1.165, 1.54) is 29.3 Å². The maximum Gasteiger partial charge on any atom is 0.169 e. The van der Waals surface area contributed by atoms with Gasteiger partial charge in [0.15, 0.2) is 12.4 Å². The zero-order chi connectivity index (χ0) is 17.9. The van der Waals surface area contributed by atoms with Crippen LogP contribution in [0.2, 0.25) is 0 Å². The number of pyridine rings is 1. The molecule has 0 saturated carbocycles. The third-order valence-electron chi connectivity index (χ3n) is 5.06. The quantitative estimate of drug-likeness (QED) is 0.408. The molecule has 4 heteroatoms. The van der Waals surface area contributed by atoms with Gasteiger partial charge in [0, 0.05) is 54.3 Å². The molecule has 4 rings (SSSR count). The topological polar surface area (TPSA) is 22.7 Å². The molecule has 1 fully saturated rings. The lowest BCUT2D eigenvalue weighted by molar-refractivity contribution is -0.671. The van der Waals surface area contributed by atoms with Crippen molar-refractivity contribution >= 4 is 28.4 Å². The summed E-state index contributed by atoms with van der Waals surface area (Å²) in [4.78, 5) is 2.50. The van der Waals surface area contributed by atoms with E-state index in [1.54, 1.807) is 0 Å². The Hall–Kier alpha value is -2.88. The Morgan fingerprint density at radius 3 is 2.38 bits per heavy atom. The van der Waals surface area contributed by atoms with Gasteiger partial charge < -0.3 is 4.90 Å². The summed E-state index contributed by atoms with van der Waals surface area (Å²) in [7, 11) is 4.03. The first-order chi connectivity index (χ1) is 12.7. The van der Waals surface area contributed by atoms with Crippen LogP contribution < -0.4 is 14.5 Å². The summed E-state index contributed by atoms with van der Waals surface area (Å²) in [6.07, 6.45) is 8.54. The third kappa shape index (κ3) is 3.27. The van der Waals surface area contributed by atoms with Gasteiger partial charge in [-0.25, -0.2) is 4.57 Å². The minimum absolute atomic E-state index is 1.09. The average Bonchev–Trinajstić information content (AvgIpc) is 3.21. The lowest BCUT2D eigenvalue weighted by atomic mass is 10.1. The lowest BCUT2D eigenvalue weighted by Gasteiger charge is -2.23. The Kier molecular flexibility index (Phi) is 4.57. The number of aromatic nitrogens is 1. The summed E-state index contributed by atoms with van der Waals surface area (Å²) < 4.78 is 2.02. The van der Waals surface area contributed by atoms with Crippen LogP contribution in [0.4, 0.5) is 11.4 Å². The van der Waals surface area contributed by atoms with Gasteiger partial charge >= 0.3 is 0 Å². The Labute approximate surface area is 155 Å². The van der Waals surface area contributed by atoms with Crippen molar-refractivity contribution in [3.63, 3.8) is 0 Å². The molecule has 0 spiro atoms. The van der Waals surface area contributed by atoms with Gasteiger partial charge in [-0.05, 0) is 25.0 Å². The van der Waals surface area contributed by atoms with Crippen molar-refractivity contribution < 1.29 is 4.57 Å². The van der Waals surface area contributed by atoms with Gasteiger partial charge in [0.05, 0.1) is 11.9 Å². The average molecular weight is 345 g/mol. The highest BCUT2D eigenvalue weighted by atomic mass is 15.4. The van der Waals surface area contributed by atoms with Crippen LogP contribution in [0.25, 0.3) is 10.8 Å². The first-order valence-electron chi connectivity index (χ1n) is 9.22. The number of nitrogens with zero attached hydrogens (tertiary/aromatic N) is 4. The standard InChI is InChI=1S/C22H25N4/c1-24-15-11-18(12-16-24)17-23-25(2)21-9-10-22(26-13-5-6-14-26)20-8-4-3-7-19(20)21/h3-4,7-12,15-17H,5-6,13-14H2,1-2H3/q+1. The van der Waals surface area contributed by atoms with E-state index >= 15 is 0 Å². The van der Waals surface area contributed by atoms with Gasteiger partial charge in [-0.15, -0.1) is 0 Å². The molecule has 1 aliphatic rings. The molecule has 0 amide bonds. The van der Waals surface area contributed by atoms with Crippen molar-refractivity contribution in [2.45, 2.75) is 12.8 Å². The maximum absolute atomic E-state index is 4.66. The number of fused-ring (bicyclic) bond motifs is 1. The van der Waals surface area contributed by atoms with E-state index in [0.717, 1.165) is 24.3 Å². The largest absolute Gasteiger partial charge is 0.371 e. The highest BCUT2D eigenvalue weighted by Crippen LogP contribution is 2.35. The Balaban J connectivity index is 1.67. The van der Waals surface area contributed by atoms with E-state index in [9.17, 15) is 0 Å². The summed E-state index contributed by atoms with van der Waals surface area (Å²) >= 11 is 0. The molecule has 1 aliphatic heterocycles. The van der Waals surface area contributed by atoms with Crippen molar-refractivity contribution in [2.75, 3.05) is 30.0 Å². The zero-order valence-electron chi connectivity index (χ0n) is 15.5. The molecule has 2 heterocycles. The van der Waals surface area contributed by atoms with E-state index in [0.29, 0.717) is 0 Å². The van der Waals surface area contributed by atoms with Crippen molar-refractivity contribution in [3.05, 3.63) is 66.5 Å². The van der Waals surface area contributed by atoms with Crippen LogP contribution in [0.3, 0.4) is 0 Å². The zero-order valence-corrected chi connectivity index (χ0v) is 15.5. The molecule has 4 nitrogen and oxygen atoms in total. The van der Waals surface area contributed by atoms with Crippen molar-refractivity contribution in [2.24, 2.45) is 12.1 Å². The van der Waals surface area contributed by atoms with Crippen molar-refractivity contribution in [1.29, 1.82) is 0 Å². The molecule has 0 N–H and O–H groups in total. The second-order valence-corrected chi connectivity index (χ2v) is 6.91. The fraction of sp³-hybridized carbons (Fsp3) is 0.273. The van der Waals surface area contributed by atoms with Gasteiger partial charge in [-0.2, -0.15) is 5.10 Å². The number of anilines is 2. The lowest BCUT2D eigenvalue weighted by Crippen LogP contribution is -2.25. The molecular formula is C22H25N4+. The minimum Gasteiger partial charge on any atom is -0.371 e. The van der Waals surface area contributed by atoms with Crippen LogP contribution in [0, 0.1) is 0 Å². The van der Waals surface area contributed by atoms with Gasteiger partial charge in [0.25, 0.3) is 0 Å². The second kappa shape index (κ2) is 7.16. The number of rotatable bonds is 4. The number of aryl methyl sites for hydroxylation is 1. The molecule has 0 atom stereocenters. The fourth-order valence-electron chi connectivity index (χ4n) is 3.60. The highest BCUT2D eigenvalue weighted by Gasteiger charge is 2.16. The van der Waals surface area contributed by atoms with Crippen LogP contribution in [-0.4, -0.2) is 26.4 Å². The van der Waals surface area contributed by atoms with E-state index in [1.807, 2.05) is 42.3 Å². The number of benzene rings is 2. The van der Waals surface area contributed by atoms with E-state index in [-0.39, 0.29) is 0 Å². The second-order valence-electron chi connectivity index (χ2n) is 6.91. The van der Waals surface area contributed by atoms with Crippen LogP contribution >= 0.6 is 0 Å². The Morgan fingerprint density at radius 1 is 0.962 bits per heavy atom. The predicted molar refractivity (Wildman–Crippen MR) is 109 cm³/mol. The normalized spacial score (nSPS) is 14.5. The molecule has 132 valence electrons. The molecule has 3 aromatic rings. The minimum atomic E-state index is 1.09. The van der Waals surface area contributed by atoms with Gasteiger partial charge in [0.2, 0.25) is 0 Å². The van der Waals surface area contributed by atoms with Gasteiger partial charge in [-0.1, -0.05) is 24.3 Å². The van der Waals surface area contributed by atoms with Crippen molar-refractivity contribution in [1.82, 2.24) is 0 Å². The summed E-state index contributed by atoms with van der Waals surface area (Å²) in [5.41, 5.74) is 3.56. The molecule has 0 aliphatic carbocycles. The maximum atomic E-state index is 4.66. The highest BCUT2D eigenvalue weighted by molar-refractivity contribution is 6.02. The van der Waals surface area contributed by atoms with Gasteiger partial charge in [0.1, 0.15) is 7.05 Å². The van der Waals surface area contributed by atoms with Crippen LogP contribution in [-0.2, 0) is 7.05 Å². The van der Waals surface area contributed by atoms with Crippen LogP contribution in [0.15, 0.2) is 66.0 Å². The molecule has 1 saturated heterocycles. The van der Waals surface area contributed by atoms with E-state index in [4.69, 9.17) is 0 Å². The summed E-state index contributed by atoms with van der Waals surface area (Å²) in [5.74, 6) is 0. The Bertz CT molecular complexity index is 925. The van der Waals surface area contributed by atoms with E-state index < -0.39 is 0 Å². The van der Waals surface area contributed by atoms with Gasteiger partial charge in [-0.3, -0.25) is 5.01 Å².